The summed E-state index contributed by atoms with van der Waals surface area (Å²) in [5, 5.41) is 3.46. The van der Waals surface area contributed by atoms with Crippen molar-refractivity contribution in [1.29, 1.82) is 0 Å². The molecule has 6 nitrogen and oxygen atoms in total. The summed E-state index contributed by atoms with van der Waals surface area (Å²) < 4.78 is 1.20. The van der Waals surface area contributed by atoms with Crippen molar-refractivity contribution in [2.75, 3.05) is 0 Å². The lowest BCUT2D eigenvalue weighted by Crippen LogP contribution is -2.43. The van der Waals surface area contributed by atoms with E-state index in [1.165, 1.54) is 23.9 Å². The van der Waals surface area contributed by atoms with Crippen LogP contribution in [0.1, 0.15) is 12.5 Å². The van der Waals surface area contributed by atoms with E-state index in [1.54, 1.807) is 12.1 Å². The smallest absolute Gasteiger partial charge is 0.261 e. The average molecular weight is 384 g/mol. The second-order valence-electron chi connectivity index (χ2n) is 6.26. The van der Waals surface area contributed by atoms with Crippen LogP contribution in [-0.4, -0.2) is 27.3 Å². The predicted molar refractivity (Wildman–Crippen MR) is 104 cm³/mol. The largest absolute Gasteiger partial charge is 0.344 e. The average Bonchev–Trinajstić information content (AvgIpc) is 2.65. The molecule has 2 aromatic carbocycles. The van der Waals surface area contributed by atoms with Crippen LogP contribution in [0, 0.1) is 0 Å². The Bertz CT molecular complexity index is 1050. The van der Waals surface area contributed by atoms with Crippen molar-refractivity contribution in [1.82, 2.24) is 14.9 Å². The summed E-state index contributed by atoms with van der Waals surface area (Å²) in [5.74, 6) is -0.584. The molecule has 0 spiro atoms. The number of hydrogen-bond acceptors (Lipinski definition) is 4. The highest BCUT2D eigenvalue weighted by Crippen LogP contribution is 2.14. The minimum absolute atomic E-state index is 0.150. The molecule has 27 heavy (non-hydrogen) atoms. The fourth-order valence-corrected chi connectivity index (χ4v) is 2.96. The number of aromatic nitrogens is 2. The van der Waals surface area contributed by atoms with Gasteiger partial charge < -0.3 is 5.32 Å². The molecule has 0 saturated heterocycles. The van der Waals surface area contributed by atoms with Gasteiger partial charge in [0.05, 0.1) is 23.3 Å². The highest BCUT2D eigenvalue weighted by atomic mass is 35.5. The predicted octanol–water partition coefficient (Wildman–Crippen LogP) is 2.37. The van der Waals surface area contributed by atoms with Crippen LogP contribution in [0.3, 0.4) is 0 Å². The minimum atomic E-state index is -0.654. The molecule has 1 N–H and O–H groups in total. The minimum Gasteiger partial charge on any atom is -0.344 e. The normalized spacial score (nSPS) is 11.9. The SMILES string of the molecule is CC(=O)[C@@H](Cc1ccccc1)NC(=O)Cn1cnc2ccc(Cl)cc2c1=O. The third-order valence-corrected chi connectivity index (χ3v) is 4.44. The Morgan fingerprint density at radius 1 is 1.19 bits per heavy atom. The van der Waals surface area contributed by atoms with E-state index in [1.807, 2.05) is 30.3 Å². The van der Waals surface area contributed by atoms with Gasteiger partial charge in [0.25, 0.3) is 5.56 Å². The van der Waals surface area contributed by atoms with E-state index >= 15 is 0 Å². The summed E-state index contributed by atoms with van der Waals surface area (Å²) in [4.78, 5) is 41.0. The summed E-state index contributed by atoms with van der Waals surface area (Å²) in [6, 6.07) is 13.6. The van der Waals surface area contributed by atoms with Crippen LogP contribution in [0.5, 0.6) is 0 Å². The van der Waals surface area contributed by atoms with E-state index in [0.717, 1.165) is 5.56 Å². The lowest BCUT2D eigenvalue weighted by molar-refractivity contribution is -0.127. The molecule has 0 fully saturated rings. The van der Waals surface area contributed by atoms with E-state index in [0.29, 0.717) is 22.3 Å². The van der Waals surface area contributed by atoms with Gasteiger partial charge in [-0.2, -0.15) is 0 Å². The lowest BCUT2D eigenvalue weighted by atomic mass is 10.0. The van der Waals surface area contributed by atoms with Gasteiger partial charge in [0, 0.05) is 5.02 Å². The molecule has 0 bridgehead atoms. The molecule has 138 valence electrons. The highest BCUT2D eigenvalue weighted by Gasteiger charge is 2.18. The number of hydrogen-bond donors (Lipinski definition) is 1. The van der Waals surface area contributed by atoms with Crippen LogP contribution in [0.25, 0.3) is 10.9 Å². The Kier molecular flexibility index (Phi) is 5.66. The van der Waals surface area contributed by atoms with Gasteiger partial charge in [-0.25, -0.2) is 4.98 Å². The number of fused-ring (bicyclic) bond motifs is 1. The second-order valence-corrected chi connectivity index (χ2v) is 6.70. The number of nitrogens with one attached hydrogen (secondary N) is 1. The Labute approximate surface area is 160 Å². The number of carbonyl (C=O) groups excluding carboxylic acids is 2. The van der Waals surface area contributed by atoms with Gasteiger partial charge in [0.2, 0.25) is 5.91 Å². The van der Waals surface area contributed by atoms with E-state index in [-0.39, 0.29) is 17.9 Å². The van der Waals surface area contributed by atoms with Crippen LogP contribution in [0.15, 0.2) is 59.7 Å². The molecule has 0 saturated carbocycles. The summed E-state index contributed by atoms with van der Waals surface area (Å²) in [5.41, 5.74) is 1.09. The number of amides is 1. The quantitative estimate of drug-likeness (QED) is 0.708. The van der Waals surface area contributed by atoms with Crippen molar-refractivity contribution in [3.05, 3.63) is 75.8 Å². The van der Waals surface area contributed by atoms with Crippen LogP contribution in [0.2, 0.25) is 5.02 Å². The van der Waals surface area contributed by atoms with E-state index < -0.39 is 11.9 Å². The van der Waals surface area contributed by atoms with Crippen LogP contribution in [0.4, 0.5) is 0 Å². The molecule has 1 aromatic heterocycles. The van der Waals surface area contributed by atoms with E-state index in [2.05, 4.69) is 10.3 Å². The molecule has 0 aliphatic heterocycles. The number of Topliss-reactive ketones (excluding diaryl/α,β-unsaturated/α-hetero) is 1. The molecule has 0 unspecified atom stereocenters. The maximum atomic E-state index is 12.5. The van der Waals surface area contributed by atoms with Crippen molar-refractivity contribution in [3.8, 4) is 0 Å². The molecular formula is C20H18ClN3O3. The number of nitrogens with zero attached hydrogens (tertiary/aromatic N) is 2. The number of benzene rings is 2. The number of ketones is 1. The first-order chi connectivity index (χ1) is 12.9. The molecule has 0 radical (unpaired) electrons. The van der Waals surface area contributed by atoms with Gasteiger partial charge in [-0.3, -0.25) is 19.0 Å². The molecule has 3 rings (SSSR count). The monoisotopic (exact) mass is 383 g/mol. The van der Waals surface area contributed by atoms with Gasteiger partial charge in [-0.15, -0.1) is 0 Å². The third-order valence-electron chi connectivity index (χ3n) is 4.21. The fraction of sp³-hybridized carbons (Fsp3) is 0.200. The molecule has 1 atom stereocenters. The first-order valence-electron chi connectivity index (χ1n) is 8.42. The van der Waals surface area contributed by atoms with Gasteiger partial charge in [-0.1, -0.05) is 41.9 Å². The Balaban J connectivity index is 1.76. The molecular weight excluding hydrogens is 366 g/mol. The van der Waals surface area contributed by atoms with Crippen molar-refractivity contribution in [2.45, 2.75) is 25.9 Å². The van der Waals surface area contributed by atoms with E-state index in [9.17, 15) is 14.4 Å². The maximum Gasteiger partial charge on any atom is 0.261 e. The summed E-state index contributed by atoms with van der Waals surface area (Å²) in [6.07, 6.45) is 1.71. The van der Waals surface area contributed by atoms with Crippen LogP contribution < -0.4 is 10.9 Å². The van der Waals surface area contributed by atoms with Gasteiger partial charge in [0.1, 0.15) is 6.54 Å². The number of carbonyl (C=O) groups is 2. The lowest BCUT2D eigenvalue weighted by Gasteiger charge is -2.16. The maximum absolute atomic E-state index is 12.5. The molecule has 1 heterocycles. The summed E-state index contributed by atoms with van der Waals surface area (Å²) >= 11 is 5.94. The van der Waals surface area contributed by atoms with Crippen molar-refractivity contribution >= 4 is 34.2 Å². The van der Waals surface area contributed by atoms with Crippen molar-refractivity contribution in [2.24, 2.45) is 0 Å². The van der Waals surface area contributed by atoms with Crippen molar-refractivity contribution < 1.29 is 9.59 Å². The molecule has 1 amide bonds. The zero-order valence-electron chi connectivity index (χ0n) is 14.7. The van der Waals surface area contributed by atoms with Crippen LogP contribution in [-0.2, 0) is 22.6 Å². The summed E-state index contributed by atoms with van der Waals surface area (Å²) in [6.45, 7) is 1.20. The first-order valence-corrected chi connectivity index (χ1v) is 8.80. The van der Waals surface area contributed by atoms with Gasteiger partial charge in [0.15, 0.2) is 5.78 Å². The number of halogens is 1. The van der Waals surface area contributed by atoms with Crippen LogP contribution >= 0.6 is 11.6 Å². The molecule has 7 heteroatoms. The zero-order chi connectivity index (χ0) is 19.4. The third kappa shape index (κ3) is 4.60. The summed E-state index contributed by atoms with van der Waals surface area (Å²) in [7, 11) is 0. The molecule has 3 aromatic rings. The molecule has 0 aliphatic carbocycles. The Hall–Kier alpha value is -2.99. The fourth-order valence-electron chi connectivity index (χ4n) is 2.78. The van der Waals surface area contributed by atoms with Gasteiger partial charge >= 0.3 is 0 Å². The Morgan fingerprint density at radius 2 is 1.93 bits per heavy atom. The second kappa shape index (κ2) is 8.14. The first kappa shape index (κ1) is 18.8. The van der Waals surface area contributed by atoms with Crippen molar-refractivity contribution in [3.63, 3.8) is 0 Å². The van der Waals surface area contributed by atoms with Gasteiger partial charge in [-0.05, 0) is 37.1 Å². The zero-order valence-corrected chi connectivity index (χ0v) is 15.4. The topological polar surface area (TPSA) is 81.1 Å². The molecule has 0 aliphatic rings. The standard InChI is InChI=1S/C20H18ClN3O3/c1-13(25)18(9-14-5-3-2-4-6-14)23-19(26)11-24-12-22-17-8-7-15(21)10-16(17)20(24)27/h2-8,10,12,18H,9,11H2,1H3,(H,23,26)/t18-/m1/s1. The number of rotatable bonds is 6. The highest BCUT2D eigenvalue weighted by molar-refractivity contribution is 6.31. The van der Waals surface area contributed by atoms with E-state index in [4.69, 9.17) is 11.6 Å². The Morgan fingerprint density at radius 3 is 2.63 bits per heavy atom.